The Labute approximate surface area is 127 Å². The molecule has 0 aromatic carbocycles. The van der Waals surface area contributed by atoms with Gasteiger partial charge in [0.15, 0.2) is 0 Å². The third-order valence-electron chi connectivity index (χ3n) is 3.63. The summed E-state index contributed by atoms with van der Waals surface area (Å²) in [6.45, 7) is 9.48. The van der Waals surface area contributed by atoms with Crippen molar-refractivity contribution in [3.63, 3.8) is 0 Å². The predicted molar refractivity (Wildman–Crippen MR) is 89.3 cm³/mol. The summed E-state index contributed by atoms with van der Waals surface area (Å²) in [7, 11) is -1.47. The summed E-state index contributed by atoms with van der Waals surface area (Å²) in [5.41, 5.74) is 2.95. The van der Waals surface area contributed by atoms with Gasteiger partial charge >= 0.3 is 0 Å². The fraction of sp³-hybridized carbons (Fsp3) is 0.333. The van der Waals surface area contributed by atoms with Gasteiger partial charge in [0.05, 0.1) is 7.57 Å². The maximum Gasteiger partial charge on any atom is 0.116 e. The lowest BCUT2D eigenvalue weighted by molar-refractivity contribution is 1.53. The molecule has 0 saturated heterocycles. The second-order valence-corrected chi connectivity index (χ2v) is 14.0. The Morgan fingerprint density at radius 1 is 0.824 bits per heavy atom. The Kier molecular flexibility index (Phi) is 2.81. The number of halogens is 2. The van der Waals surface area contributed by atoms with Crippen molar-refractivity contribution in [2.24, 2.45) is 0 Å². The zero-order chi connectivity index (χ0) is 12.5. The summed E-state index contributed by atoms with van der Waals surface area (Å²) in [5.74, 6) is 0. The SMILES string of the molecule is Cc1c(Br)sc2c1[Si](C)(C)c1c-2sc(Br)c1C. The molecule has 0 amide bonds. The molecule has 1 aliphatic heterocycles. The van der Waals surface area contributed by atoms with E-state index in [0.717, 1.165) is 0 Å². The third kappa shape index (κ3) is 1.49. The fourth-order valence-electron chi connectivity index (χ4n) is 2.92. The van der Waals surface area contributed by atoms with Crippen molar-refractivity contribution in [3.8, 4) is 9.75 Å². The zero-order valence-corrected chi connectivity index (χ0v) is 15.9. The van der Waals surface area contributed by atoms with Crippen molar-refractivity contribution in [2.75, 3.05) is 0 Å². The van der Waals surface area contributed by atoms with Crippen LogP contribution in [0.5, 0.6) is 0 Å². The first kappa shape index (κ1) is 12.6. The van der Waals surface area contributed by atoms with Crippen LogP contribution in [0.2, 0.25) is 13.1 Å². The van der Waals surface area contributed by atoms with Crippen LogP contribution < -0.4 is 10.4 Å². The Morgan fingerprint density at radius 3 is 1.53 bits per heavy atom. The van der Waals surface area contributed by atoms with Crippen molar-refractivity contribution in [1.29, 1.82) is 0 Å². The first-order valence-corrected chi connectivity index (χ1v) is 11.7. The van der Waals surface area contributed by atoms with Crippen LogP contribution in [0.4, 0.5) is 0 Å². The highest BCUT2D eigenvalue weighted by Gasteiger charge is 2.43. The third-order valence-corrected chi connectivity index (χ3v) is 12.2. The van der Waals surface area contributed by atoms with Crippen LogP contribution in [-0.2, 0) is 0 Å². The second kappa shape index (κ2) is 3.79. The van der Waals surface area contributed by atoms with E-state index >= 15 is 0 Å². The molecular formula is C12H12Br2S2Si. The molecule has 0 atom stereocenters. The number of hydrogen-bond donors (Lipinski definition) is 0. The van der Waals surface area contributed by atoms with E-state index in [1.54, 1.807) is 10.4 Å². The first-order chi connectivity index (χ1) is 7.85. The van der Waals surface area contributed by atoms with Gasteiger partial charge in [0, 0.05) is 9.75 Å². The van der Waals surface area contributed by atoms with E-state index in [1.807, 2.05) is 22.7 Å². The lowest BCUT2D eigenvalue weighted by Gasteiger charge is -2.19. The van der Waals surface area contributed by atoms with E-state index in [9.17, 15) is 0 Å². The molecular weight excluding hydrogens is 396 g/mol. The molecule has 2 aromatic heterocycles. The van der Waals surface area contributed by atoms with E-state index in [4.69, 9.17) is 0 Å². The first-order valence-electron chi connectivity index (χ1n) is 5.44. The van der Waals surface area contributed by atoms with Gasteiger partial charge in [-0.3, -0.25) is 0 Å². The Hall–Kier alpha value is 0.577. The Bertz CT molecular complexity index is 583. The number of thiophene rings is 2. The van der Waals surface area contributed by atoms with E-state index in [-0.39, 0.29) is 0 Å². The maximum absolute atomic E-state index is 3.70. The molecule has 0 aliphatic carbocycles. The monoisotopic (exact) mass is 406 g/mol. The molecule has 5 heteroatoms. The molecule has 0 radical (unpaired) electrons. The molecule has 17 heavy (non-hydrogen) atoms. The van der Waals surface area contributed by atoms with Crippen molar-refractivity contribution < 1.29 is 0 Å². The molecule has 0 nitrogen and oxygen atoms in total. The lowest BCUT2D eigenvalue weighted by atomic mass is 10.3. The zero-order valence-electron chi connectivity index (χ0n) is 10.1. The summed E-state index contributed by atoms with van der Waals surface area (Å²) >= 11 is 11.2. The van der Waals surface area contributed by atoms with E-state index in [1.165, 1.54) is 28.5 Å². The van der Waals surface area contributed by atoms with Crippen LogP contribution in [0.1, 0.15) is 11.1 Å². The molecule has 0 bridgehead atoms. The van der Waals surface area contributed by atoms with Crippen LogP contribution in [0.25, 0.3) is 9.75 Å². The quantitative estimate of drug-likeness (QED) is 0.552. The second-order valence-electron chi connectivity index (χ2n) is 5.03. The van der Waals surface area contributed by atoms with Gasteiger partial charge in [0.25, 0.3) is 0 Å². The predicted octanol–water partition coefficient (Wildman–Crippen LogP) is 4.75. The summed E-state index contributed by atoms with van der Waals surface area (Å²) in [6, 6.07) is 0. The van der Waals surface area contributed by atoms with E-state index in [2.05, 4.69) is 58.8 Å². The van der Waals surface area contributed by atoms with Crippen molar-refractivity contribution in [2.45, 2.75) is 26.9 Å². The molecule has 0 N–H and O–H groups in total. The standard InChI is InChI=1S/C12H12Br2S2Si/c1-5-9-7(15-11(5)13)8-10(17(9,3)4)6(2)12(14)16-8/h1-4H3. The minimum Gasteiger partial charge on any atom is -0.127 e. The minimum absolute atomic E-state index is 1.32. The van der Waals surface area contributed by atoms with Crippen LogP contribution in [0, 0.1) is 13.8 Å². The van der Waals surface area contributed by atoms with Gasteiger partial charge in [-0.05, 0) is 67.2 Å². The van der Waals surface area contributed by atoms with E-state index in [0.29, 0.717) is 0 Å². The minimum atomic E-state index is -1.47. The van der Waals surface area contributed by atoms with Gasteiger partial charge in [-0.2, -0.15) is 0 Å². The van der Waals surface area contributed by atoms with E-state index < -0.39 is 8.07 Å². The molecule has 0 fully saturated rings. The molecule has 2 aromatic rings. The molecule has 3 rings (SSSR count). The van der Waals surface area contributed by atoms with Gasteiger partial charge in [-0.25, -0.2) is 0 Å². The van der Waals surface area contributed by atoms with Crippen LogP contribution in [0.3, 0.4) is 0 Å². The van der Waals surface area contributed by atoms with Crippen LogP contribution in [0.15, 0.2) is 7.57 Å². The molecule has 90 valence electrons. The highest BCUT2D eigenvalue weighted by Crippen LogP contribution is 2.45. The lowest BCUT2D eigenvalue weighted by Crippen LogP contribution is -2.50. The smallest absolute Gasteiger partial charge is 0.116 e. The average molecular weight is 408 g/mol. The highest BCUT2D eigenvalue weighted by molar-refractivity contribution is 9.11. The number of rotatable bonds is 0. The van der Waals surface area contributed by atoms with Gasteiger partial charge in [0.2, 0.25) is 0 Å². The molecule has 0 unspecified atom stereocenters. The molecule has 0 spiro atoms. The van der Waals surface area contributed by atoms with Gasteiger partial charge in [-0.1, -0.05) is 13.1 Å². The number of fused-ring (bicyclic) bond motifs is 3. The summed E-state index contributed by atoms with van der Waals surface area (Å²) in [6.07, 6.45) is 0. The van der Waals surface area contributed by atoms with Crippen molar-refractivity contribution in [3.05, 3.63) is 18.7 Å². The van der Waals surface area contributed by atoms with Crippen LogP contribution in [-0.4, -0.2) is 8.07 Å². The summed E-state index contributed by atoms with van der Waals surface area (Å²) in [4.78, 5) is 3.06. The normalized spacial score (nSPS) is 16.1. The summed E-state index contributed by atoms with van der Waals surface area (Å²) in [5, 5.41) is 3.32. The Morgan fingerprint density at radius 2 is 1.18 bits per heavy atom. The number of hydrogen-bond acceptors (Lipinski definition) is 2. The van der Waals surface area contributed by atoms with Crippen molar-refractivity contribution in [1.82, 2.24) is 0 Å². The molecule has 3 heterocycles. The largest absolute Gasteiger partial charge is 0.127 e. The average Bonchev–Trinajstić information content (AvgIpc) is 2.75. The topological polar surface area (TPSA) is 0 Å². The van der Waals surface area contributed by atoms with Crippen molar-refractivity contribution >= 4 is 73.0 Å². The molecule has 1 aliphatic rings. The maximum atomic E-state index is 3.70. The van der Waals surface area contributed by atoms with Gasteiger partial charge in [0.1, 0.15) is 8.07 Å². The highest BCUT2D eigenvalue weighted by atomic mass is 79.9. The Balaban J connectivity index is 2.44. The van der Waals surface area contributed by atoms with Gasteiger partial charge < -0.3 is 0 Å². The van der Waals surface area contributed by atoms with Gasteiger partial charge in [-0.15, -0.1) is 22.7 Å². The summed E-state index contributed by atoms with van der Waals surface area (Å²) < 4.78 is 2.63. The molecule has 0 saturated carbocycles. The fourth-order valence-corrected chi connectivity index (χ4v) is 12.6. The van der Waals surface area contributed by atoms with Crippen LogP contribution >= 0.6 is 54.5 Å².